The summed E-state index contributed by atoms with van der Waals surface area (Å²) in [6, 6.07) is 5.97. The number of benzene rings is 1. The number of nitrogens with one attached hydrogen (secondary N) is 2. The number of ether oxygens (including phenoxy) is 2. The van der Waals surface area contributed by atoms with Crippen LogP contribution < -0.4 is 44.9 Å². The maximum atomic E-state index is 5.40. The van der Waals surface area contributed by atoms with E-state index in [9.17, 15) is 0 Å². The molecule has 1 aromatic rings. The summed E-state index contributed by atoms with van der Waals surface area (Å²) >= 11 is 0. The van der Waals surface area contributed by atoms with Crippen molar-refractivity contribution >= 4 is 0 Å². The first-order valence-corrected chi connectivity index (χ1v) is 6.96. The van der Waals surface area contributed by atoms with Gasteiger partial charge in [0.1, 0.15) is 11.5 Å². The van der Waals surface area contributed by atoms with Gasteiger partial charge in [0, 0.05) is 18.2 Å². The first-order valence-electron chi connectivity index (χ1n) is 6.96. The first kappa shape index (κ1) is 20.3. The van der Waals surface area contributed by atoms with Crippen molar-refractivity contribution in [3.05, 3.63) is 23.8 Å². The van der Waals surface area contributed by atoms with Crippen molar-refractivity contribution in [3.8, 4) is 11.5 Å². The fraction of sp³-hybridized carbons (Fsp3) is 0.600. The first-order chi connectivity index (χ1) is 9.33. The Morgan fingerprint density at radius 3 is 2.48 bits per heavy atom. The third-order valence-corrected chi connectivity index (χ3v) is 3.70. The Kier molecular flexibility index (Phi) is 10.6. The Morgan fingerprint density at radius 2 is 1.86 bits per heavy atom. The molecule has 0 radical (unpaired) electrons. The lowest BCUT2D eigenvalue weighted by Gasteiger charge is -2.23. The van der Waals surface area contributed by atoms with E-state index in [4.69, 9.17) is 9.47 Å². The van der Waals surface area contributed by atoms with Crippen LogP contribution in [0.5, 0.6) is 11.5 Å². The van der Waals surface area contributed by atoms with Crippen molar-refractivity contribution in [1.82, 2.24) is 10.6 Å². The fourth-order valence-electron chi connectivity index (χ4n) is 2.49. The highest BCUT2D eigenvalue weighted by molar-refractivity contribution is 5.40. The number of rotatable bonds is 6. The third-order valence-electron chi connectivity index (χ3n) is 3.70. The van der Waals surface area contributed by atoms with Crippen LogP contribution in [0, 0.1) is 5.92 Å². The third kappa shape index (κ3) is 6.30. The van der Waals surface area contributed by atoms with Gasteiger partial charge < -0.3 is 44.9 Å². The van der Waals surface area contributed by atoms with Gasteiger partial charge in [0.15, 0.2) is 0 Å². The molecule has 0 atom stereocenters. The molecule has 1 aliphatic heterocycles. The van der Waals surface area contributed by atoms with E-state index in [1.54, 1.807) is 14.2 Å². The average Bonchev–Trinajstić information content (AvgIpc) is 2.48. The highest BCUT2D eigenvalue weighted by Gasteiger charge is 2.12. The summed E-state index contributed by atoms with van der Waals surface area (Å²) < 4.78 is 10.6. The minimum atomic E-state index is 0. The second kappa shape index (κ2) is 11.0. The van der Waals surface area contributed by atoms with Crippen LogP contribution in [-0.2, 0) is 6.54 Å². The topological polar surface area (TPSA) is 42.5 Å². The summed E-state index contributed by atoms with van der Waals surface area (Å²) in [6.07, 6.45) is 2.54. The summed E-state index contributed by atoms with van der Waals surface area (Å²) in [5.41, 5.74) is 1.18. The molecule has 0 spiro atoms. The van der Waals surface area contributed by atoms with Crippen LogP contribution in [0.25, 0.3) is 0 Å². The summed E-state index contributed by atoms with van der Waals surface area (Å²) in [7, 11) is 3.37. The van der Waals surface area contributed by atoms with E-state index in [2.05, 4.69) is 16.7 Å². The van der Waals surface area contributed by atoms with Crippen LogP contribution >= 0.6 is 0 Å². The minimum absolute atomic E-state index is 0. The van der Waals surface area contributed by atoms with Gasteiger partial charge in [-0.15, -0.1) is 0 Å². The van der Waals surface area contributed by atoms with E-state index in [0.717, 1.165) is 43.6 Å². The molecule has 0 unspecified atom stereocenters. The predicted octanol–water partition coefficient (Wildman–Crippen LogP) is -4.20. The molecule has 2 rings (SSSR count). The van der Waals surface area contributed by atoms with E-state index in [-0.39, 0.29) is 24.8 Å². The van der Waals surface area contributed by atoms with Crippen molar-refractivity contribution in [2.75, 3.05) is 33.9 Å². The molecule has 0 amide bonds. The zero-order valence-electron chi connectivity index (χ0n) is 12.6. The van der Waals surface area contributed by atoms with Crippen LogP contribution in [0.4, 0.5) is 0 Å². The average molecular weight is 335 g/mol. The maximum Gasteiger partial charge on any atom is 0.127 e. The smallest absolute Gasteiger partial charge is 0.127 e. The normalized spacial score (nSPS) is 14.8. The van der Waals surface area contributed by atoms with Gasteiger partial charge in [0.2, 0.25) is 0 Å². The van der Waals surface area contributed by atoms with Crippen LogP contribution in [0.3, 0.4) is 0 Å². The van der Waals surface area contributed by atoms with Crippen LogP contribution in [0.2, 0.25) is 0 Å². The number of piperidine rings is 1. The molecule has 6 heteroatoms. The molecule has 1 fully saturated rings. The molecular formula is C15H24Cl2N2O2-2. The summed E-state index contributed by atoms with van der Waals surface area (Å²) in [5.74, 6) is 2.52. The van der Waals surface area contributed by atoms with E-state index >= 15 is 0 Å². The number of halogens is 2. The maximum absolute atomic E-state index is 5.40. The Morgan fingerprint density at radius 1 is 1.14 bits per heavy atom. The van der Waals surface area contributed by atoms with Gasteiger partial charge in [-0.1, -0.05) is 6.07 Å². The standard InChI is InChI=1S/C15H24N2O2.2ClH/c1-18-14-4-3-13(15(9-14)19-2)11-17-10-12-5-7-16-8-6-12;;/h3-4,9,12,16-17H,5-8,10-11H2,1-2H3;2*1H/p-2. The fourth-order valence-corrected chi connectivity index (χ4v) is 2.49. The SMILES string of the molecule is COc1ccc(CNCC2CCNCC2)c(OC)c1.[Cl-].[Cl-]. The van der Waals surface area contributed by atoms with Crippen LogP contribution in [0.15, 0.2) is 18.2 Å². The molecular weight excluding hydrogens is 311 g/mol. The van der Waals surface area contributed by atoms with Gasteiger partial charge in [-0.05, 0) is 44.5 Å². The zero-order chi connectivity index (χ0) is 13.5. The van der Waals surface area contributed by atoms with Crippen molar-refractivity contribution < 1.29 is 34.3 Å². The van der Waals surface area contributed by atoms with E-state index in [1.807, 2.05) is 12.1 Å². The molecule has 122 valence electrons. The highest BCUT2D eigenvalue weighted by Crippen LogP contribution is 2.24. The number of hydrogen-bond acceptors (Lipinski definition) is 4. The van der Waals surface area contributed by atoms with Gasteiger partial charge in [-0.3, -0.25) is 0 Å². The lowest BCUT2D eigenvalue weighted by molar-refractivity contribution is -0.00100. The summed E-state index contributed by atoms with van der Waals surface area (Å²) in [5, 5.41) is 6.93. The number of hydrogen-bond donors (Lipinski definition) is 2. The number of methoxy groups -OCH3 is 2. The molecule has 4 nitrogen and oxygen atoms in total. The Balaban J connectivity index is 0.00000200. The van der Waals surface area contributed by atoms with Crippen molar-refractivity contribution in [2.45, 2.75) is 19.4 Å². The second-order valence-electron chi connectivity index (χ2n) is 5.00. The summed E-state index contributed by atoms with van der Waals surface area (Å²) in [6.45, 7) is 4.23. The Bertz CT molecular complexity index is 399. The Labute approximate surface area is 139 Å². The van der Waals surface area contributed by atoms with Gasteiger partial charge in [0.25, 0.3) is 0 Å². The molecule has 0 aromatic heterocycles. The highest BCUT2D eigenvalue weighted by atomic mass is 35.5. The quantitative estimate of drug-likeness (QED) is 0.553. The molecule has 1 heterocycles. The second-order valence-corrected chi connectivity index (χ2v) is 5.00. The lowest BCUT2D eigenvalue weighted by atomic mass is 9.98. The molecule has 21 heavy (non-hydrogen) atoms. The van der Waals surface area contributed by atoms with Gasteiger partial charge >= 0.3 is 0 Å². The van der Waals surface area contributed by atoms with Gasteiger partial charge in [0.05, 0.1) is 14.2 Å². The van der Waals surface area contributed by atoms with Crippen molar-refractivity contribution in [1.29, 1.82) is 0 Å². The van der Waals surface area contributed by atoms with Gasteiger partial charge in [-0.2, -0.15) is 0 Å². The molecule has 1 saturated heterocycles. The molecule has 1 aromatic carbocycles. The predicted molar refractivity (Wildman–Crippen MR) is 76.8 cm³/mol. The Hall–Kier alpha value is -0.680. The lowest BCUT2D eigenvalue weighted by Crippen LogP contribution is -3.00. The molecule has 2 N–H and O–H groups in total. The molecule has 1 aliphatic rings. The molecule has 0 aliphatic carbocycles. The monoisotopic (exact) mass is 334 g/mol. The minimum Gasteiger partial charge on any atom is -1.00 e. The zero-order valence-corrected chi connectivity index (χ0v) is 14.1. The van der Waals surface area contributed by atoms with Crippen LogP contribution in [0.1, 0.15) is 18.4 Å². The van der Waals surface area contributed by atoms with Gasteiger partial charge in [-0.25, -0.2) is 0 Å². The van der Waals surface area contributed by atoms with E-state index in [0.29, 0.717) is 0 Å². The van der Waals surface area contributed by atoms with E-state index < -0.39 is 0 Å². The van der Waals surface area contributed by atoms with E-state index in [1.165, 1.54) is 18.4 Å². The molecule has 0 bridgehead atoms. The largest absolute Gasteiger partial charge is 1.00 e. The van der Waals surface area contributed by atoms with Crippen molar-refractivity contribution in [3.63, 3.8) is 0 Å². The summed E-state index contributed by atoms with van der Waals surface area (Å²) in [4.78, 5) is 0. The van der Waals surface area contributed by atoms with Crippen molar-refractivity contribution in [2.24, 2.45) is 5.92 Å². The van der Waals surface area contributed by atoms with Crippen LogP contribution in [-0.4, -0.2) is 33.9 Å². The molecule has 0 saturated carbocycles.